The van der Waals surface area contributed by atoms with E-state index in [9.17, 15) is 4.39 Å². The third kappa shape index (κ3) is 0.986. The molecule has 1 nitrogen and oxygen atoms in total. The summed E-state index contributed by atoms with van der Waals surface area (Å²) in [5, 5.41) is 0. The Balaban J connectivity index is 2.48. The van der Waals surface area contributed by atoms with Crippen LogP contribution < -0.4 is 4.74 Å². The fraction of sp³-hybridized carbons (Fsp3) is 0.400. The van der Waals surface area contributed by atoms with Gasteiger partial charge in [0.15, 0.2) is 0 Å². The van der Waals surface area contributed by atoms with Crippen molar-refractivity contribution in [3.05, 3.63) is 29.6 Å². The quantitative estimate of drug-likeness (QED) is 0.623. The fourth-order valence-electron chi connectivity index (χ4n) is 1.63. The molecular weight excluding hydrogens is 155 g/mol. The van der Waals surface area contributed by atoms with Crippen molar-refractivity contribution in [3.63, 3.8) is 0 Å². The Morgan fingerprint density at radius 2 is 2.42 bits per heavy atom. The minimum absolute atomic E-state index is 0.128. The van der Waals surface area contributed by atoms with Gasteiger partial charge in [-0.1, -0.05) is 13.0 Å². The Morgan fingerprint density at radius 1 is 1.58 bits per heavy atom. The van der Waals surface area contributed by atoms with Gasteiger partial charge in [-0.15, -0.1) is 0 Å². The van der Waals surface area contributed by atoms with E-state index in [4.69, 9.17) is 4.74 Å². The summed E-state index contributed by atoms with van der Waals surface area (Å²) in [4.78, 5) is 0. The molecule has 0 saturated carbocycles. The number of benzene rings is 1. The lowest BCUT2D eigenvalue weighted by Gasteiger charge is -2.04. The topological polar surface area (TPSA) is 9.23 Å². The lowest BCUT2D eigenvalue weighted by Crippen LogP contribution is -1.99. The summed E-state index contributed by atoms with van der Waals surface area (Å²) in [5.41, 5.74) is 0.764. The summed E-state index contributed by atoms with van der Waals surface area (Å²) in [6, 6.07) is 5.01. The number of halogens is 1. The Hall–Kier alpha value is -1.05. The molecule has 0 aliphatic carbocycles. The van der Waals surface area contributed by atoms with Gasteiger partial charge in [-0.2, -0.15) is 0 Å². The summed E-state index contributed by atoms with van der Waals surface area (Å²) < 4.78 is 18.6. The van der Waals surface area contributed by atoms with E-state index in [1.165, 1.54) is 6.07 Å². The lowest BCUT2D eigenvalue weighted by molar-refractivity contribution is 0.328. The van der Waals surface area contributed by atoms with Gasteiger partial charge in [-0.3, -0.25) is 0 Å². The second-order valence-electron chi connectivity index (χ2n) is 3.07. The van der Waals surface area contributed by atoms with Crippen molar-refractivity contribution in [1.82, 2.24) is 0 Å². The van der Waals surface area contributed by atoms with Crippen LogP contribution in [0.4, 0.5) is 4.39 Å². The van der Waals surface area contributed by atoms with Crippen LogP contribution in [0.15, 0.2) is 18.2 Å². The minimum atomic E-state index is -0.128. The van der Waals surface area contributed by atoms with Crippen LogP contribution in [0.1, 0.15) is 24.8 Å². The van der Waals surface area contributed by atoms with E-state index < -0.39 is 0 Å². The summed E-state index contributed by atoms with van der Waals surface area (Å²) >= 11 is 0. The molecule has 0 amide bonds. The standard InChI is InChI=1S/C10H11FO/c1-2-7-6-12-9-5-3-4-8(11)10(7)9/h3-5,7H,2,6H2,1H3. The monoisotopic (exact) mass is 166 g/mol. The summed E-state index contributed by atoms with van der Waals surface area (Å²) in [6.45, 7) is 2.68. The van der Waals surface area contributed by atoms with Crippen LogP contribution in [0.25, 0.3) is 0 Å². The van der Waals surface area contributed by atoms with Crippen molar-refractivity contribution >= 4 is 0 Å². The molecule has 0 radical (unpaired) electrons. The Kier molecular flexibility index (Phi) is 1.75. The van der Waals surface area contributed by atoms with Gasteiger partial charge in [0.1, 0.15) is 11.6 Å². The van der Waals surface area contributed by atoms with Crippen LogP contribution in [0.3, 0.4) is 0 Å². The molecular formula is C10H11FO. The average Bonchev–Trinajstić information content (AvgIpc) is 2.49. The lowest BCUT2D eigenvalue weighted by atomic mass is 9.98. The molecule has 0 saturated heterocycles. The molecule has 64 valence electrons. The fourth-order valence-corrected chi connectivity index (χ4v) is 1.63. The van der Waals surface area contributed by atoms with Crippen LogP contribution in [-0.2, 0) is 0 Å². The molecule has 1 heterocycles. The predicted octanol–water partition coefficient (Wildman–Crippen LogP) is 2.71. The highest BCUT2D eigenvalue weighted by atomic mass is 19.1. The van der Waals surface area contributed by atoms with Crippen LogP contribution in [0.5, 0.6) is 5.75 Å². The van der Waals surface area contributed by atoms with E-state index >= 15 is 0 Å². The molecule has 1 unspecified atom stereocenters. The maximum atomic E-state index is 13.2. The second kappa shape index (κ2) is 2.77. The van der Waals surface area contributed by atoms with Crippen molar-refractivity contribution in [3.8, 4) is 5.75 Å². The number of fused-ring (bicyclic) bond motifs is 1. The molecule has 2 heteroatoms. The van der Waals surface area contributed by atoms with Gasteiger partial charge < -0.3 is 4.74 Å². The predicted molar refractivity (Wildman–Crippen MR) is 44.9 cm³/mol. The Bertz CT molecular complexity index is 296. The van der Waals surface area contributed by atoms with Gasteiger partial charge >= 0.3 is 0 Å². The van der Waals surface area contributed by atoms with E-state index in [1.54, 1.807) is 6.07 Å². The first-order valence-corrected chi connectivity index (χ1v) is 4.24. The first-order chi connectivity index (χ1) is 5.83. The highest BCUT2D eigenvalue weighted by Gasteiger charge is 2.25. The minimum Gasteiger partial charge on any atom is -0.493 e. The summed E-state index contributed by atoms with van der Waals surface area (Å²) in [6.07, 6.45) is 0.938. The van der Waals surface area contributed by atoms with E-state index in [1.807, 2.05) is 6.07 Å². The highest BCUT2D eigenvalue weighted by molar-refractivity contribution is 5.40. The maximum Gasteiger partial charge on any atom is 0.130 e. The molecule has 0 fully saturated rings. The largest absolute Gasteiger partial charge is 0.493 e. The van der Waals surface area contributed by atoms with Crippen molar-refractivity contribution in [1.29, 1.82) is 0 Å². The van der Waals surface area contributed by atoms with Gasteiger partial charge in [0, 0.05) is 11.5 Å². The molecule has 0 bridgehead atoms. The van der Waals surface area contributed by atoms with Gasteiger partial charge in [0.2, 0.25) is 0 Å². The molecule has 0 spiro atoms. The second-order valence-corrected chi connectivity index (χ2v) is 3.07. The number of rotatable bonds is 1. The number of hydrogen-bond acceptors (Lipinski definition) is 1. The van der Waals surface area contributed by atoms with Crippen LogP contribution in [0, 0.1) is 5.82 Å². The van der Waals surface area contributed by atoms with E-state index in [2.05, 4.69) is 6.92 Å². The molecule has 1 aliphatic heterocycles. The average molecular weight is 166 g/mol. The molecule has 0 aromatic heterocycles. The molecule has 2 rings (SSSR count). The normalized spacial score (nSPS) is 20.3. The number of ether oxygens (including phenoxy) is 1. The first-order valence-electron chi connectivity index (χ1n) is 4.24. The van der Waals surface area contributed by atoms with E-state index in [0.717, 1.165) is 17.7 Å². The summed E-state index contributed by atoms with van der Waals surface area (Å²) in [7, 11) is 0. The van der Waals surface area contributed by atoms with Gasteiger partial charge in [-0.25, -0.2) is 4.39 Å². The van der Waals surface area contributed by atoms with E-state index in [-0.39, 0.29) is 11.7 Å². The van der Waals surface area contributed by atoms with Gasteiger partial charge in [-0.05, 0) is 18.6 Å². The third-order valence-electron chi connectivity index (χ3n) is 2.35. The van der Waals surface area contributed by atoms with Gasteiger partial charge in [0.25, 0.3) is 0 Å². The van der Waals surface area contributed by atoms with Crippen molar-refractivity contribution in [2.45, 2.75) is 19.3 Å². The molecule has 0 N–H and O–H groups in total. The molecule has 1 aromatic rings. The van der Waals surface area contributed by atoms with Crippen molar-refractivity contribution < 1.29 is 9.13 Å². The number of hydrogen-bond donors (Lipinski definition) is 0. The first kappa shape index (κ1) is 7.59. The highest BCUT2D eigenvalue weighted by Crippen LogP contribution is 2.37. The maximum absolute atomic E-state index is 13.2. The zero-order valence-electron chi connectivity index (χ0n) is 7.01. The molecule has 1 aliphatic rings. The molecule has 1 atom stereocenters. The SMILES string of the molecule is CCC1COc2cccc(F)c21. The molecule has 12 heavy (non-hydrogen) atoms. The van der Waals surface area contributed by atoms with Crippen molar-refractivity contribution in [2.24, 2.45) is 0 Å². The van der Waals surface area contributed by atoms with Crippen LogP contribution in [0.2, 0.25) is 0 Å². The van der Waals surface area contributed by atoms with Crippen molar-refractivity contribution in [2.75, 3.05) is 6.61 Å². The molecule has 1 aromatic carbocycles. The van der Waals surface area contributed by atoms with Crippen LogP contribution in [-0.4, -0.2) is 6.61 Å². The third-order valence-corrected chi connectivity index (χ3v) is 2.35. The van der Waals surface area contributed by atoms with Crippen LogP contribution >= 0.6 is 0 Å². The summed E-state index contributed by atoms with van der Waals surface area (Å²) in [5.74, 6) is 0.847. The zero-order valence-corrected chi connectivity index (χ0v) is 7.01. The van der Waals surface area contributed by atoms with Gasteiger partial charge in [0.05, 0.1) is 6.61 Å². The smallest absolute Gasteiger partial charge is 0.130 e. The zero-order chi connectivity index (χ0) is 8.55. The Morgan fingerprint density at radius 3 is 3.17 bits per heavy atom. The van der Waals surface area contributed by atoms with E-state index in [0.29, 0.717) is 6.61 Å². The Labute approximate surface area is 71.2 Å².